The predicted octanol–water partition coefficient (Wildman–Crippen LogP) is 3.12. The van der Waals surface area contributed by atoms with Crippen LogP contribution < -0.4 is 0 Å². The molecule has 0 bridgehead atoms. The lowest BCUT2D eigenvalue weighted by atomic mass is 9.90. The predicted molar refractivity (Wildman–Crippen MR) is 53.8 cm³/mol. The molecular weight excluding hydrogens is 162 g/mol. The minimum atomic E-state index is 0.295. The maximum atomic E-state index is 5.49. The summed E-state index contributed by atoms with van der Waals surface area (Å²) in [4.78, 5) is 5.49. The van der Waals surface area contributed by atoms with Gasteiger partial charge in [0.05, 0.1) is 5.71 Å². The molecule has 74 valence electrons. The summed E-state index contributed by atoms with van der Waals surface area (Å²) >= 11 is 0. The summed E-state index contributed by atoms with van der Waals surface area (Å²) < 4.78 is 0. The highest BCUT2D eigenvalue weighted by Crippen LogP contribution is 2.35. The van der Waals surface area contributed by atoms with Crippen molar-refractivity contribution in [2.75, 3.05) is 0 Å². The van der Waals surface area contributed by atoms with Crippen LogP contribution in [0.1, 0.15) is 52.4 Å². The lowest BCUT2D eigenvalue weighted by Gasteiger charge is -2.24. The molecule has 0 atom stereocenters. The largest absolute Gasteiger partial charge is 0.393 e. The number of nitrogens with zero attached hydrogens (tertiary/aromatic N) is 1. The van der Waals surface area contributed by atoms with E-state index in [1.165, 1.54) is 37.8 Å². The second-order valence-electron chi connectivity index (χ2n) is 4.93. The molecule has 0 spiro atoms. The Morgan fingerprint density at radius 3 is 2.54 bits per heavy atom. The van der Waals surface area contributed by atoms with E-state index in [9.17, 15) is 0 Å². The molecule has 0 saturated heterocycles. The van der Waals surface area contributed by atoms with Crippen molar-refractivity contribution in [3.05, 3.63) is 0 Å². The van der Waals surface area contributed by atoms with Crippen LogP contribution in [0, 0.1) is 5.41 Å². The van der Waals surface area contributed by atoms with Gasteiger partial charge in [-0.05, 0) is 38.5 Å². The Morgan fingerprint density at radius 1 is 1.31 bits per heavy atom. The summed E-state index contributed by atoms with van der Waals surface area (Å²) in [6, 6.07) is 0. The summed E-state index contributed by atoms with van der Waals surface area (Å²) in [5, 5.41) is 4.31. The summed E-state index contributed by atoms with van der Waals surface area (Å²) in [7, 11) is 0. The van der Waals surface area contributed by atoms with Crippen LogP contribution in [0.25, 0.3) is 0 Å². The Balaban J connectivity index is 1.90. The molecule has 2 fully saturated rings. The second kappa shape index (κ2) is 3.32. The molecular formula is C11H19NO. The van der Waals surface area contributed by atoms with Crippen LogP contribution in [-0.4, -0.2) is 11.8 Å². The average Bonchev–Trinajstić information content (AvgIpc) is 2.27. The molecule has 0 unspecified atom stereocenters. The molecule has 2 aliphatic rings. The summed E-state index contributed by atoms with van der Waals surface area (Å²) in [6.45, 7) is 4.53. The van der Waals surface area contributed by atoms with Gasteiger partial charge in [-0.25, -0.2) is 0 Å². The van der Waals surface area contributed by atoms with Gasteiger partial charge < -0.3 is 4.84 Å². The van der Waals surface area contributed by atoms with Crippen molar-refractivity contribution >= 4 is 5.71 Å². The van der Waals surface area contributed by atoms with Crippen LogP contribution in [0.2, 0.25) is 0 Å². The molecule has 0 aromatic carbocycles. The Labute approximate surface area is 80.3 Å². The first-order chi connectivity index (χ1) is 6.18. The van der Waals surface area contributed by atoms with Crippen LogP contribution in [0.3, 0.4) is 0 Å². The molecule has 13 heavy (non-hydrogen) atoms. The molecule has 2 nitrogen and oxygen atoms in total. The van der Waals surface area contributed by atoms with Gasteiger partial charge in [0.15, 0.2) is 0 Å². The smallest absolute Gasteiger partial charge is 0.127 e. The fourth-order valence-corrected chi connectivity index (χ4v) is 1.96. The SMILES string of the molecule is CC1(C)CCC/C1=N\OC1CCC1. The summed E-state index contributed by atoms with van der Waals surface area (Å²) in [5.41, 5.74) is 1.57. The van der Waals surface area contributed by atoms with E-state index in [0.717, 1.165) is 6.42 Å². The highest BCUT2D eigenvalue weighted by molar-refractivity contribution is 5.90. The van der Waals surface area contributed by atoms with Crippen LogP contribution in [0.5, 0.6) is 0 Å². The van der Waals surface area contributed by atoms with E-state index in [2.05, 4.69) is 19.0 Å². The van der Waals surface area contributed by atoms with Crippen LogP contribution in [0.4, 0.5) is 0 Å². The lowest BCUT2D eigenvalue weighted by Crippen LogP contribution is -2.22. The van der Waals surface area contributed by atoms with Gasteiger partial charge in [0, 0.05) is 5.41 Å². The zero-order valence-corrected chi connectivity index (χ0v) is 8.68. The van der Waals surface area contributed by atoms with Gasteiger partial charge in [-0.2, -0.15) is 0 Å². The standard InChI is InChI=1S/C11H19NO/c1-11(2)8-4-7-10(11)12-13-9-5-3-6-9/h9H,3-8H2,1-2H3/b12-10+. The number of rotatable bonds is 2. The first-order valence-corrected chi connectivity index (χ1v) is 5.42. The fourth-order valence-electron chi connectivity index (χ4n) is 1.96. The minimum absolute atomic E-state index is 0.295. The monoisotopic (exact) mass is 181 g/mol. The molecule has 2 heteroatoms. The van der Waals surface area contributed by atoms with Crippen LogP contribution >= 0.6 is 0 Å². The van der Waals surface area contributed by atoms with Crippen molar-refractivity contribution in [1.29, 1.82) is 0 Å². The van der Waals surface area contributed by atoms with Crippen LogP contribution in [0.15, 0.2) is 5.16 Å². The van der Waals surface area contributed by atoms with Crippen molar-refractivity contribution in [3.8, 4) is 0 Å². The van der Waals surface area contributed by atoms with E-state index in [0.29, 0.717) is 11.5 Å². The van der Waals surface area contributed by atoms with Gasteiger partial charge >= 0.3 is 0 Å². The maximum Gasteiger partial charge on any atom is 0.127 e. The van der Waals surface area contributed by atoms with Crippen molar-refractivity contribution in [3.63, 3.8) is 0 Å². The van der Waals surface area contributed by atoms with Gasteiger partial charge in [-0.3, -0.25) is 0 Å². The average molecular weight is 181 g/mol. The fraction of sp³-hybridized carbons (Fsp3) is 0.909. The second-order valence-corrected chi connectivity index (χ2v) is 4.93. The molecule has 0 radical (unpaired) electrons. The Hall–Kier alpha value is -0.530. The third-order valence-corrected chi connectivity index (χ3v) is 3.36. The first kappa shape index (κ1) is 9.04. The summed E-state index contributed by atoms with van der Waals surface area (Å²) in [6.07, 6.45) is 7.84. The quantitative estimate of drug-likeness (QED) is 0.600. The van der Waals surface area contributed by atoms with Crippen molar-refractivity contribution < 1.29 is 4.84 Å². The Morgan fingerprint density at radius 2 is 2.08 bits per heavy atom. The molecule has 0 N–H and O–H groups in total. The number of hydrogen-bond acceptors (Lipinski definition) is 2. The number of oxime groups is 1. The van der Waals surface area contributed by atoms with E-state index in [-0.39, 0.29) is 0 Å². The van der Waals surface area contributed by atoms with E-state index in [1.54, 1.807) is 0 Å². The molecule has 0 heterocycles. The van der Waals surface area contributed by atoms with Gasteiger partial charge in [-0.15, -0.1) is 0 Å². The van der Waals surface area contributed by atoms with Crippen molar-refractivity contribution in [2.45, 2.75) is 58.5 Å². The third kappa shape index (κ3) is 1.87. The Kier molecular flexibility index (Phi) is 2.31. The molecule has 0 aromatic heterocycles. The normalized spacial score (nSPS) is 30.5. The highest BCUT2D eigenvalue weighted by Gasteiger charge is 2.31. The van der Waals surface area contributed by atoms with Gasteiger partial charge in [0.25, 0.3) is 0 Å². The van der Waals surface area contributed by atoms with Gasteiger partial charge in [-0.1, -0.05) is 19.0 Å². The first-order valence-electron chi connectivity index (χ1n) is 5.42. The van der Waals surface area contributed by atoms with E-state index < -0.39 is 0 Å². The third-order valence-electron chi connectivity index (χ3n) is 3.36. The van der Waals surface area contributed by atoms with Crippen molar-refractivity contribution in [2.24, 2.45) is 10.6 Å². The molecule has 0 aliphatic heterocycles. The molecule has 2 rings (SSSR count). The van der Waals surface area contributed by atoms with Gasteiger partial charge in [0.1, 0.15) is 6.10 Å². The maximum absolute atomic E-state index is 5.49. The van der Waals surface area contributed by atoms with Crippen molar-refractivity contribution in [1.82, 2.24) is 0 Å². The zero-order chi connectivity index (χ0) is 9.31. The van der Waals surface area contributed by atoms with E-state index >= 15 is 0 Å². The van der Waals surface area contributed by atoms with Crippen LogP contribution in [-0.2, 0) is 4.84 Å². The molecule has 2 saturated carbocycles. The van der Waals surface area contributed by atoms with E-state index in [4.69, 9.17) is 4.84 Å². The molecule has 0 amide bonds. The Bertz CT molecular complexity index is 216. The minimum Gasteiger partial charge on any atom is -0.393 e. The molecule has 2 aliphatic carbocycles. The zero-order valence-electron chi connectivity index (χ0n) is 8.68. The highest BCUT2D eigenvalue weighted by atomic mass is 16.6. The number of hydrogen-bond donors (Lipinski definition) is 0. The topological polar surface area (TPSA) is 21.6 Å². The van der Waals surface area contributed by atoms with Gasteiger partial charge in [0.2, 0.25) is 0 Å². The van der Waals surface area contributed by atoms with E-state index in [1.807, 2.05) is 0 Å². The molecule has 0 aromatic rings. The summed E-state index contributed by atoms with van der Waals surface area (Å²) in [5.74, 6) is 0. The lowest BCUT2D eigenvalue weighted by molar-refractivity contribution is 0.00463.